The van der Waals surface area contributed by atoms with E-state index in [0.29, 0.717) is 11.3 Å². The van der Waals surface area contributed by atoms with Gasteiger partial charge in [-0.1, -0.05) is 25.2 Å². The summed E-state index contributed by atoms with van der Waals surface area (Å²) >= 11 is 0.548. The highest BCUT2D eigenvalue weighted by molar-refractivity contribution is 7.92. The fourth-order valence-electron chi connectivity index (χ4n) is 1.75. The zero-order valence-corrected chi connectivity index (χ0v) is 16.3. The molecular weight excluding hydrogens is 402 g/mol. The lowest BCUT2D eigenvalue weighted by Crippen LogP contribution is -2.44. The van der Waals surface area contributed by atoms with E-state index in [4.69, 9.17) is 5.11 Å². The van der Waals surface area contributed by atoms with E-state index in [0.717, 1.165) is 0 Å². The third-order valence-corrected chi connectivity index (χ3v) is 5.58. The first-order valence-corrected chi connectivity index (χ1v) is 9.91. The first kappa shape index (κ1) is 22.4. The number of nitrogens with one attached hydrogen (secondary N) is 3. The van der Waals surface area contributed by atoms with Crippen LogP contribution in [0.5, 0.6) is 0 Å². The van der Waals surface area contributed by atoms with Gasteiger partial charge in [-0.05, 0) is 5.92 Å². The summed E-state index contributed by atoms with van der Waals surface area (Å²) in [4.78, 5) is 45.4. The number of aliphatic carboxylic acids is 1. The van der Waals surface area contributed by atoms with Crippen molar-refractivity contribution >= 4 is 50.2 Å². The van der Waals surface area contributed by atoms with E-state index in [2.05, 4.69) is 20.8 Å². The molecule has 27 heavy (non-hydrogen) atoms. The molecule has 1 heterocycles. The second-order valence-electron chi connectivity index (χ2n) is 5.71. The van der Waals surface area contributed by atoms with Crippen LogP contribution in [-0.4, -0.2) is 53.5 Å². The second kappa shape index (κ2) is 9.36. The highest BCUT2D eigenvalue weighted by Crippen LogP contribution is 2.19. The topological polar surface area (TPSA) is 185 Å². The predicted molar refractivity (Wildman–Crippen MR) is 93.2 cm³/mol. The Balaban J connectivity index is 2.60. The number of anilines is 1. The zero-order chi connectivity index (χ0) is 20.8. The van der Waals surface area contributed by atoms with Gasteiger partial charge in [0.1, 0.15) is 6.04 Å². The van der Waals surface area contributed by atoms with Crippen LogP contribution in [0.4, 0.5) is 5.13 Å². The largest absolute Gasteiger partial charge is 0.480 e. The Bertz CT molecular complexity index is 834. The van der Waals surface area contributed by atoms with Gasteiger partial charge < -0.3 is 15.7 Å². The molecule has 3 amide bonds. The first-order chi connectivity index (χ1) is 12.4. The van der Waals surface area contributed by atoms with Crippen LogP contribution in [0.1, 0.15) is 33.6 Å². The third-order valence-electron chi connectivity index (χ3n) is 3.00. The molecule has 1 aromatic rings. The standard InChI is InChI=1S/C13H19N5O7S2/c1-6(2)10(11(22)23)15-8(20)4-5-9(21)18-27(24,25)13-17-16-12(26-13)14-7(3)19/h6,10H,4-5H2,1-3H3,(H,15,20)(H,18,21)(H,22,23)(H,14,16,19)/t10-/m0/s1. The molecule has 1 rings (SSSR count). The molecule has 0 bridgehead atoms. The molecule has 4 N–H and O–H groups in total. The molecule has 150 valence electrons. The van der Waals surface area contributed by atoms with E-state index in [9.17, 15) is 27.6 Å². The van der Waals surface area contributed by atoms with Gasteiger partial charge in [-0.25, -0.2) is 9.52 Å². The van der Waals surface area contributed by atoms with Gasteiger partial charge in [0.15, 0.2) is 0 Å². The lowest BCUT2D eigenvalue weighted by molar-refractivity contribution is -0.143. The average molecular weight is 421 g/mol. The quantitative estimate of drug-likeness (QED) is 0.374. The van der Waals surface area contributed by atoms with E-state index >= 15 is 0 Å². The van der Waals surface area contributed by atoms with Crippen molar-refractivity contribution in [3.05, 3.63) is 0 Å². The van der Waals surface area contributed by atoms with E-state index in [1.807, 2.05) is 0 Å². The SMILES string of the molecule is CC(=O)Nc1nnc(S(=O)(=O)NC(=O)CCC(=O)N[C@H](C(=O)O)C(C)C)s1. The van der Waals surface area contributed by atoms with Crippen LogP contribution in [0.3, 0.4) is 0 Å². The van der Waals surface area contributed by atoms with Gasteiger partial charge >= 0.3 is 5.97 Å². The lowest BCUT2D eigenvalue weighted by Gasteiger charge is -2.17. The molecule has 0 aromatic carbocycles. The lowest BCUT2D eigenvalue weighted by atomic mass is 10.0. The van der Waals surface area contributed by atoms with E-state index in [-0.39, 0.29) is 11.0 Å². The Morgan fingerprint density at radius 3 is 2.22 bits per heavy atom. The van der Waals surface area contributed by atoms with Crippen molar-refractivity contribution < 1.29 is 32.7 Å². The van der Waals surface area contributed by atoms with Crippen molar-refractivity contribution in [2.75, 3.05) is 5.32 Å². The number of carbonyl (C=O) groups excluding carboxylic acids is 3. The molecular formula is C13H19N5O7S2. The van der Waals surface area contributed by atoms with E-state index in [1.165, 1.54) is 6.92 Å². The van der Waals surface area contributed by atoms with E-state index in [1.54, 1.807) is 18.6 Å². The predicted octanol–water partition coefficient (Wildman–Crippen LogP) is -0.693. The number of rotatable bonds is 9. The van der Waals surface area contributed by atoms with Crippen LogP contribution in [0.15, 0.2) is 4.34 Å². The number of hydrogen-bond acceptors (Lipinski definition) is 9. The van der Waals surface area contributed by atoms with Crippen molar-refractivity contribution in [2.24, 2.45) is 5.92 Å². The van der Waals surface area contributed by atoms with Crippen molar-refractivity contribution in [3.63, 3.8) is 0 Å². The van der Waals surface area contributed by atoms with Crippen LogP contribution in [0, 0.1) is 5.92 Å². The van der Waals surface area contributed by atoms with Gasteiger partial charge in [0, 0.05) is 19.8 Å². The van der Waals surface area contributed by atoms with Gasteiger partial charge in [0.2, 0.25) is 22.9 Å². The molecule has 1 atom stereocenters. The molecule has 0 radical (unpaired) electrons. The molecule has 0 fully saturated rings. The molecule has 0 unspecified atom stereocenters. The maximum Gasteiger partial charge on any atom is 0.326 e. The summed E-state index contributed by atoms with van der Waals surface area (Å²) in [6.45, 7) is 4.42. The van der Waals surface area contributed by atoms with Crippen LogP contribution in [0.2, 0.25) is 0 Å². The zero-order valence-electron chi connectivity index (χ0n) is 14.7. The van der Waals surface area contributed by atoms with Crippen molar-refractivity contribution in [2.45, 2.75) is 44.0 Å². The van der Waals surface area contributed by atoms with Gasteiger partial charge in [-0.2, -0.15) is 8.42 Å². The normalized spacial score (nSPS) is 12.3. The molecule has 0 saturated heterocycles. The van der Waals surface area contributed by atoms with E-state index < -0.39 is 56.9 Å². The Morgan fingerprint density at radius 1 is 1.11 bits per heavy atom. The van der Waals surface area contributed by atoms with Crippen molar-refractivity contribution in [1.29, 1.82) is 0 Å². The van der Waals surface area contributed by atoms with Crippen molar-refractivity contribution in [3.8, 4) is 0 Å². The molecule has 14 heteroatoms. The smallest absolute Gasteiger partial charge is 0.326 e. The molecule has 0 aliphatic carbocycles. The summed E-state index contributed by atoms with van der Waals surface area (Å²) in [6.07, 6.45) is -0.877. The Morgan fingerprint density at radius 2 is 1.70 bits per heavy atom. The fourth-order valence-corrected chi connectivity index (χ4v) is 3.71. The highest BCUT2D eigenvalue weighted by atomic mass is 32.2. The molecule has 0 spiro atoms. The number of carbonyl (C=O) groups is 4. The first-order valence-electron chi connectivity index (χ1n) is 7.61. The van der Waals surface area contributed by atoms with Gasteiger partial charge in [-0.3, -0.25) is 14.4 Å². The summed E-state index contributed by atoms with van der Waals surface area (Å²) in [5, 5.41) is 20.3. The van der Waals surface area contributed by atoms with Crippen LogP contribution < -0.4 is 15.4 Å². The van der Waals surface area contributed by atoms with Crippen LogP contribution >= 0.6 is 11.3 Å². The average Bonchev–Trinajstić information content (AvgIpc) is 2.98. The number of sulfonamides is 1. The summed E-state index contributed by atoms with van der Waals surface area (Å²) < 4.78 is 25.2. The number of aromatic nitrogens is 2. The summed E-state index contributed by atoms with van der Waals surface area (Å²) in [5.74, 6) is -3.72. The molecule has 1 aromatic heterocycles. The monoisotopic (exact) mass is 421 g/mol. The Hall–Kier alpha value is -2.61. The summed E-state index contributed by atoms with van der Waals surface area (Å²) in [7, 11) is -4.30. The second-order valence-corrected chi connectivity index (χ2v) is 8.54. The minimum Gasteiger partial charge on any atom is -0.480 e. The van der Waals surface area contributed by atoms with Crippen LogP contribution in [-0.2, 0) is 29.2 Å². The Kier molecular flexibility index (Phi) is 7.78. The molecule has 0 aliphatic rings. The van der Waals surface area contributed by atoms with Gasteiger partial charge in [0.05, 0.1) is 0 Å². The maximum atomic E-state index is 12.0. The molecule has 12 nitrogen and oxygen atoms in total. The fraction of sp³-hybridized carbons (Fsp3) is 0.538. The number of carboxylic acids is 1. The third kappa shape index (κ3) is 7.26. The highest BCUT2D eigenvalue weighted by Gasteiger charge is 2.25. The number of carboxylic acid groups (broad SMARTS) is 1. The molecule has 0 aliphatic heterocycles. The minimum absolute atomic E-state index is 0.0527. The number of amides is 3. The minimum atomic E-state index is -4.30. The van der Waals surface area contributed by atoms with Gasteiger partial charge in [0.25, 0.3) is 14.4 Å². The van der Waals surface area contributed by atoms with Gasteiger partial charge in [-0.15, -0.1) is 10.2 Å². The van der Waals surface area contributed by atoms with Crippen molar-refractivity contribution in [1.82, 2.24) is 20.2 Å². The summed E-state index contributed by atoms with van der Waals surface area (Å²) in [5.41, 5.74) is 0. The number of hydrogen-bond donors (Lipinski definition) is 4. The van der Waals surface area contributed by atoms with Crippen LogP contribution in [0.25, 0.3) is 0 Å². The summed E-state index contributed by atoms with van der Waals surface area (Å²) in [6, 6.07) is -1.11. The molecule has 0 saturated carbocycles. The number of nitrogens with zero attached hydrogens (tertiary/aromatic N) is 2. The maximum absolute atomic E-state index is 12.0. The Labute approximate surface area is 158 Å².